The molecule has 0 saturated carbocycles. The number of halogens is 3. The summed E-state index contributed by atoms with van der Waals surface area (Å²) in [6, 6.07) is 24.4. The van der Waals surface area contributed by atoms with Gasteiger partial charge in [-0.05, 0) is 56.2 Å². The van der Waals surface area contributed by atoms with Gasteiger partial charge < -0.3 is 10.2 Å². The van der Waals surface area contributed by atoms with Gasteiger partial charge >= 0.3 is 0 Å². The first-order valence-corrected chi connectivity index (χ1v) is 17.0. The predicted octanol–water partition coefficient (Wildman–Crippen LogP) is 7.19. The Bertz CT molecular complexity index is 1770. The molecule has 1 N–H and O–H groups in total. The van der Waals surface area contributed by atoms with Gasteiger partial charge in [0.15, 0.2) is 0 Å². The van der Waals surface area contributed by atoms with E-state index in [4.69, 9.17) is 23.2 Å². The molecule has 0 aliphatic rings. The van der Waals surface area contributed by atoms with Crippen molar-refractivity contribution in [1.29, 1.82) is 0 Å². The number of aryl methyl sites for hydroxylation is 1. The third-order valence-electron chi connectivity index (χ3n) is 7.66. The van der Waals surface area contributed by atoms with Crippen LogP contribution in [0.4, 0.5) is 10.1 Å². The highest BCUT2D eigenvalue weighted by Crippen LogP contribution is 2.35. The lowest BCUT2D eigenvalue weighted by atomic mass is 10.0. The lowest BCUT2D eigenvalue weighted by Crippen LogP contribution is -2.54. The molecular formula is C35H36Cl2FN3O4S. The second-order valence-corrected chi connectivity index (χ2v) is 13.7. The molecule has 2 amide bonds. The van der Waals surface area contributed by atoms with Crippen molar-refractivity contribution < 1.29 is 22.4 Å². The van der Waals surface area contributed by atoms with Crippen LogP contribution in [0.5, 0.6) is 0 Å². The molecule has 0 heterocycles. The van der Waals surface area contributed by atoms with E-state index in [9.17, 15) is 18.0 Å². The summed E-state index contributed by atoms with van der Waals surface area (Å²) in [4.78, 5) is 29.5. The molecule has 0 aliphatic carbocycles. The fourth-order valence-electron chi connectivity index (χ4n) is 4.84. The number of nitrogens with zero attached hydrogens (tertiary/aromatic N) is 2. The molecule has 2 atom stereocenters. The molecule has 0 spiro atoms. The molecule has 0 fully saturated rings. The van der Waals surface area contributed by atoms with Crippen molar-refractivity contribution in [2.75, 3.05) is 10.8 Å². The standard InChI is InChI=1S/C35H36Cl2FN3O4S/c1-4-25(3)39-35(43)32(21-26-11-6-5-7-12-26)40(22-27-13-8-9-15-30(27)38)33(42)23-41(31-16-10-14-29(36)34(31)37)46(44,45)28-19-17-24(2)18-20-28/h5-20,25,32H,4,21-23H2,1-3H3,(H,39,43)/t25-,32+/m1/s1. The molecule has 4 rings (SSSR count). The minimum Gasteiger partial charge on any atom is -0.352 e. The second-order valence-electron chi connectivity index (χ2n) is 11.0. The van der Waals surface area contributed by atoms with Crippen LogP contribution in [0.25, 0.3) is 0 Å². The van der Waals surface area contributed by atoms with E-state index in [1.165, 1.54) is 53.4 Å². The number of nitrogens with one attached hydrogen (secondary N) is 1. The number of anilines is 1. The molecule has 4 aromatic rings. The molecule has 46 heavy (non-hydrogen) atoms. The quantitative estimate of drug-likeness (QED) is 0.162. The number of sulfonamides is 1. The Balaban J connectivity index is 1.85. The van der Waals surface area contributed by atoms with Gasteiger partial charge in [-0.2, -0.15) is 0 Å². The predicted molar refractivity (Wildman–Crippen MR) is 181 cm³/mol. The van der Waals surface area contributed by atoms with E-state index in [1.54, 1.807) is 18.2 Å². The first-order chi connectivity index (χ1) is 21.9. The van der Waals surface area contributed by atoms with Crippen molar-refractivity contribution in [3.63, 3.8) is 0 Å². The third kappa shape index (κ3) is 8.46. The average Bonchev–Trinajstić information content (AvgIpc) is 3.04. The second kappa shape index (κ2) is 15.6. The van der Waals surface area contributed by atoms with Crippen molar-refractivity contribution in [3.8, 4) is 0 Å². The van der Waals surface area contributed by atoms with Gasteiger partial charge in [0.05, 0.1) is 20.6 Å². The topological polar surface area (TPSA) is 86.8 Å². The van der Waals surface area contributed by atoms with E-state index in [0.717, 1.165) is 15.4 Å². The molecule has 0 aromatic heterocycles. The molecule has 0 aliphatic heterocycles. The Morgan fingerprint density at radius 2 is 1.54 bits per heavy atom. The van der Waals surface area contributed by atoms with Gasteiger partial charge in [0, 0.05) is 24.6 Å². The largest absolute Gasteiger partial charge is 0.352 e. The zero-order valence-electron chi connectivity index (χ0n) is 25.8. The minimum atomic E-state index is -4.38. The SMILES string of the molecule is CC[C@@H](C)NC(=O)[C@H](Cc1ccccc1)N(Cc1ccccc1F)C(=O)CN(c1cccc(Cl)c1Cl)S(=O)(=O)c1ccc(C)cc1. The summed E-state index contributed by atoms with van der Waals surface area (Å²) < 4.78 is 44.3. The van der Waals surface area contributed by atoms with Crippen LogP contribution in [0.15, 0.2) is 102 Å². The van der Waals surface area contributed by atoms with Crippen LogP contribution < -0.4 is 9.62 Å². The monoisotopic (exact) mass is 683 g/mol. The molecule has 11 heteroatoms. The van der Waals surface area contributed by atoms with E-state index >= 15 is 4.39 Å². The maximum atomic E-state index is 15.1. The van der Waals surface area contributed by atoms with Crippen molar-refractivity contribution in [1.82, 2.24) is 10.2 Å². The lowest BCUT2D eigenvalue weighted by Gasteiger charge is -2.34. The minimum absolute atomic E-state index is 0.0161. The summed E-state index contributed by atoms with van der Waals surface area (Å²) in [7, 11) is -4.38. The molecule has 0 unspecified atom stereocenters. The molecule has 242 valence electrons. The van der Waals surface area contributed by atoms with Gasteiger partial charge in [0.1, 0.15) is 18.4 Å². The van der Waals surface area contributed by atoms with Crippen LogP contribution in [-0.2, 0) is 32.6 Å². The Labute approximate surface area is 280 Å². The van der Waals surface area contributed by atoms with Crippen molar-refractivity contribution in [2.24, 2.45) is 0 Å². The highest BCUT2D eigenvalue weighted by atomic mass is 35.5. The van der Waals surface area contributed by atoms with Crippen LogP contribution in [0, 0.1) is 12.7 Å². The average molecular weight is 685 g/mol. The number of carbonyl (C=O) groups is 2. The zero-order chi connectivity index (χ0) is 33.4. The summed E-state index contributed by atoms with van der Waals surface area (Å²) in [5, 5.41) is 2.98. The normalized spacial score (nSPS) is 12.7. The Morgan fingerprint density at radius 1 is 0.891 bits per heavy atom. The van der Waals surface area contributed by atoms with Gasteiger partial charge in [-0.15, -0.1) is 0 Å². The summed E-state index contributed by atoms with van der Waals surface area (Å²) in [6.07, 6.45) is 0.743. The van der Waals surface area contributed by atoms with E-state index < -0.39 is 40.2 Å². The maximum Gasteiger partial charge on any atom is 0.264 e. The first-order valence-electron chi connectivity index (χ1n) is 14.8. The van der Waals surface area contributed by atoms with E-state index in [-0.39, 0.29) is 45.2 Å². The van der Waals surface area contributed by atoms with Crippen molar-refractivity contribution in [3.05, 3.63) is 130 Å². The van der Waals surface area contributed by atoms with Crippen molar-refractivity contribution in [2.45, 2.75) is 57.1 Å². The van der Waals surface area contributed by atoms with Gasteiger partial charge in [-0.25, -0.2) is 12.8 Å². The van der Waals surface area contributed by atoms with Crippen LogP contribution in [0.3, 0.4) is 0 Å². The van der Waals surface area contributed by atoms with Crippen LogP contribution in [0.1, 0.15) is 37.0 Å². The van der Waals surface area contributed by atoms with Crippen LogP contribution in [-0.4, -0.2) is 43.8 Å². The molecular weight excluding hydrogens is 648 g/mol. The van der Waals surface area contributed by atoms with E-state index in [2.05, 4.69) is 5.32 Å². The molecule has 7 nitrogen and oxygen atoms in total. The molecule has 0 saturated heterocycles. The Kier molecular flexibility index (Phi) is 11.8. The fourth-order valence-corrected chi connectivity index (χ4v) is 6.71. The van der Waals surface area contributed by atoms with Gasteiger partial charge in [-0.1, -0.05) is 102 Å². The number of hydrogen-bond donors (Lipinski definition) is 1. The molecule has 4 aromatic carbocycles. The number of benzene rings is 4. The fraction of sp³-hybridized carbons (Fsp3) is 0.257. The number of rotatable bonds is 13. The zero-order valence-corrected chi connectivity index (χ0v) is 28.1. The van der Waals surface area contributed by atoms with Gasteiger partial charge in [0.25, 0.3) is 10.0 Å². The highest BCUT2D eigenvalue weighted by molar-refractivity contribution is 7.92. The lowest BCUT2D eigenvalue weighted by molar-refractivity contribution is -0.140. The third-order valence-corrected chi connectivity index (χ3v) is 10.2. The van der Waals surface area contributed by atoms with Crippen LogP contribution >= 0.6 is 23.2 Å². The number of carbonyl (C=O) groups excluding carboxylic acids is 2. The van der Waals surface area contributed by atoms with Gasteiger partial charge in [-0.3, -0.25) is 13.9 Å². The Morgan fingerprint density at radius 3 is 2.20 bits per heavy atom. The Hall–Kier alpha value is -3.92. The maximum absolute atomic E-state index is 15.1. The highest BCUT2D eigenvalue weighted by Gasteiger charge is 2.36. The summed E-state index contributed by atoms with van der Waals surface area (Å²) in [5.41, 5.74) is 1.76. The smallest absolute Gasteiger partial charge is 0.264 e. The van der Waals surface area contributed by atoms with Crippen LogP contribution in [0.2, 0.25) is 10.0 Å². The van der Waals surface area contributed by atoms with E-state index in [1.807, 2.05) is 51.1 Å². The van der Waals surface area contributed by atoms with Gasteiger partial charge in [0.2, 0.25) is 11.8 Å². The van der Waals surface area contributed by atoms with E-state index in [0.29, 0.717) is 6.42 Å². The van der Waals surface area contributed by atoms with Crippen molar-refractivity contribution >= 4 is 50.7 Å². The molecule has 0 radical (unpaired) electrons. The first kappa shape index (κ1) is 34.9. The number of amides is 2. The molecule has 0 bridgehead atoms. The number of hydrogen-bond acceptors (Lipinski definition) is 4. The summed E-state index contributed by atoms with van der Waals surface area (Å²) in [6.45, 7) is 4.55. The summed E-state index contributed by atoms with van der Waals surface area (Å²) in [5.74, 6) is -1.75. The summed E-state index contributed by atoms with van der Waals surface area (Å²) >= 11 is 12.8.